The van der Waals surface area contributed by atoms with E-state index in [1.165, 1.54) is 12.7 Å². The molecule has 1 heterocycles. The van der Waals surface area contributed by atoms with Crippen molar-refractivity contribution >= 4 is 21.8 Å². The van der Waals surface area contributed by atoms with Crippen molar-refractivity contribution in [1.82, 2.24) is 9.88 Å². The van der Waals surface area contributed by atoms with E-state index in [-0.39, 0.29) is 11.8 Å². The first kappa shape index (κ1) is 13.9. The van der Waals surface area contributed by atoms with Crippen molar-refractivity contribution in [3.63, 3.8) is 0 Å². The van der Waals surface area contributed by atoms with Crippen molar-refractivity contribution in [1.29, 1.82) is 0 Å². The molecular weight excluding hydrogens is 272 g/mol. The predicted octanol–water partition coefficient (Wildman–Crippen LogP) is 1.77. The number of hydrogen-bond donors (Lipinski definition) is 1. The van der Waals surface area contributed by atoms with Gasteiger partial charge in [-0.25, -0.2) is 13.1 Å². The SMILES string of the molecule is CS[C@H]1CCCC[C@@H]1NS(=O)(=O)Cc1ccon1. The molecule has 1 aliphatic carbocycles. The van der Waals surface area contributed by atoms with Gasteiger partial charge in [0.05, 0.1) is 5.69 Å². The van der Waals surface area contributed by atoms with Crippen LogP contribution >= 0.6 is 11.8 Å². The molecule has 0 amide bonds. The van der Waals surface area contributed by atoms with Crippen LogP contribution in [-0.2, 0) is 15.8 Å². The first-order valence-corrected chi connectivity index (χ1v) is 8.97. The molecule has 5 nitrogen and oxygen atoms in total. The normalized spacial score (nSPS) is 25.2. The summed E-state index contributed by atoms with van der Waals surface area (Å²) in [6.07, 6.45) is 7.70. The Hall–Kier alpha value is -0.530. The van der Waals surface area contributed by atoms with Crippen molar-refractivity contribution in [3.05, 3.63) is 18.0 Å². The molecule has 0 radical (unpaired) electrons. The predicted molar refractivity (Wildman–Crippen MR) is 71.8 cm³/mol. The third kappa shape index (κ3) is 3.73. The first-order valence-electron chi connectivity index (χ1n) is 6.03. The molecule has 1 aliphatic rings. The minimum atomic E-state index is -3.33. The molecule has 0 aromatic carbocycles. The molecule has 0 spiro atoms. The highest BCUT2D eigenvalue weighted by Crippen LogP contribution is 2.27. The molecule has 18 heavy (non-hydrogen) atoms. The Kier molecular flexibility index (Phi) is 4.69. The number of nitrogens with zero attached hydrogens (tertiary/aromatic N) is 1. The zero-order valence-electron chi connectivity index (χ0n) is 10.3. The molecule has 2 atom stereocenters. The van der Waals surface area contributed by atoms with E-state index >= 15 is 0 Å². The average molecular weight is 290 g/mol. The lowest BCUT2D eigenvalue weighted by molar-refractivity contribution is 0.411. The number of thioether (sulfide) groups is 1. The number of hydrogen-bond acceptors (Lipinski definition) is 5. The fourth-order valence-electron chi connectivity index (χ4n) is 2.29. The van der Waals surface area contributed by atoms with Gasteiger partial charge in [-0.3, -0.25) is 0 Å². The van der Waals surface area contributed by atoms with Gasteiger partial charge < -0.3 is 4.52 Å². The van der Waals surface area contributed by atoms with Gasteiger partial charge in [0.15, 0.2) is 0 Å². The van der Waals surface area contributed by atoms with Crippen molar-refractivity contribution in [3.8, 4) is 0 Å². The minimum Gasteiger partial charge on any atom is -0.364 e. The third-order valence-electron chi connectivity index (χ3n) is 3.17. The van der Waals surface area contributed by atoms with Crippen LogP contribution in [0.1, 0.15) is 31.4 Å². The second kappa shape index (κ2) is 6.08. The summed E-state index contributed by atoms with van der Waals surface area (Å²) in [5, 5.41) is 4.01. The van der Waals surface area contributed by atoms with E-state index in [9.17, 15) is 8.42 Å². The highest BCUT2D eigenvalue weighted by atomic mass is 32.2. The third-order valence-corrected chi connectivity index (χ3v) is 5.67. The van der Waals surface area contributed by atoms with E-state index in [2.05, 4.69) is 14.4 Å². The average Bonchev–Trinajstić information content (AvgIpc) is 2.81. The van der Waals surface area contributed by atoms with Gasteiger partial charge in [-0.1, -0.05) is 18.0 Å². The fourth-order valence-corrected chi connectivity index (χ4v) is 4.68. The summed E-state index contributed by atoms with van der Waals surface area (Å²) in [4.78, 5) is 0. The second-order valence-electron chi connectivity index (χ2n) is 4.53. The Labute approximate surface area is 112 Å². The number of aromatic nitrogens is 1. The van der Waals surface area contributed by atoms with Gasteiger partial charge in [0, 0.05) is 17.4 Å². The Morgan fingerprint density at radius 1 is 1.50 bits per heavy atom. The summed E-state index contributed by atoms with van der Waals surface area (Å²) in [6, 6.07) is 1.62. The molecule has 0 aliphatic heterocycles. The van der Waals surface area contributed by atoms with Gasteiger partial charge in [0.2, 0.25) is 10.0 Å². The lowest BCUT2D eigenvalue weighted by Gasteiger charge is -2.30. The largest absolute Gasteiger partial charge is 0.364 e. The summed E-state index contributed by atoms with van der Waals surface area (Å²) in [5.41, 5.74) is 0.444. The van der Waals surface area contributed by atoms with Crippen LogP contribution in [0.4, 0.5) is 0 Å². The van der Waals surface area contributed by atoms with Crippen LogP contribution in [0.15, 0.2) is 16.9 Å². The summed E-state index contributed by atoms with van der Waals surface area (Å²) in [7, 11) is -3.33. The van der Waals surface area contributed by atoms with Crippen LogP contribution in [0.3, 0.4) is 0 Å². The van der Waals surface area contributed by atoms with Crippen LogP contribution in [0.5, 0.6) is 0 Å². The minimum absolute atomic E-state index is 0.0469. The molecule has 1 N–H and O–H groups in total. The summed E-state index contributed by atoms with van der Waals surface area (Å²) in [6.45, 7) is 0. The summed E-state index contributed by atoms with van der Waals surface area (Å²) in [5.74, 6) is -0.110. The molecule has 102 valence electrons. The Morgan fingerprint density at radius 2 is 2.28 bits per heavy atom. The van der Waals surface area contributed by atoms with E-state index in [4.69, 9.17) is 0 Å². The summed E-state index contributed by atoms with van der Waals surface area (Å²) >= 11 is 1.74. The Morgan fingerprint density at radius 3 is 2.94 bits per heavy atom. The molecule has 1 aromatic rings. The molecule has 0 saturated heterocycles. The molecule has 0 bridgehead atoms. The van der Waals surface area contributed by atoms with Gasteiger partial charge >= 0.3 is 0 Å². The zero-order chi connectivity index (χ0) is 13.0. The van der Waals surface area contributed by atoms with E-state index in [0.29, 0.717) is 10.9 Å². The van der Waals surface area contributed by atoms with Crippen LogP contribution < -0.4 is 4.72 Å². The van der Waals surface area contributed by atoms with Crippen molar-refractivity contribution in [2.45, 2.75) is 42.7 Å². The second-order valence-corrected chi connectivity index (χ2v) is 7.36. The number of rotatable bonds is 5. The molecule has 2 rings (SSSR count). The van der Waals surface area contributed by atoms with Gasteiger partial charge in [0.1, 0.15) is 12.0 Å². The van der Waals surface area contributed by atoms with Gasteiger partial charge in [-0.05, 0) is 19.1 Å². The molecule has 1 fully saturated rings. The van der Waals surface area contributed by atoms with Gasteiger partial charge in [-0.2, -0.15) is 11.8 Å². The molecular formula is C11H18N2O3S2. The molecule has 1 saturated carbocycles. The lowest BCUT2D eigenvalue weighted by atomic mass is 9.96. The maximum absolute atomic E-state index is 12.0. The molecule has 1 aromatic heterocycles. The van der Waals surface area contributed by atoms with Gasteiger partial charge in [-0.15, -0.1) is 0 Å². The highest BCUT2D eigenvalue weighted by molar-refractivity contribution is 7.99. The maximum atomic E-state index is 12.0. The van der Waals surface area contributed by atoms with Crippen LogP contribution in [0.25, 0.3) is 0 Å². The van der Waals surface area contributed by atoms with Crippen molar-refractivity contribution in [2.75, 3.05) is 6.26 Å². The number of sulfonamides is 1. The number of nitrogens with one attached hydrogen (secondary N) is 1. The Balaban J connectivity index is 1.98. The van der Waals surface area contributed by atoms with Crippen molar-refractivity contribution < 1.29 is 12.9 Å². The van der Waals surface area contributed by atoms with Crippen molar-refractivity contribution in [2.24, 2.45) is 0 Å². The fraction of sp³-hybridized carbons (Fsp3) is 0.727. The zero-order valence-corrected chi connectivity index (χ0v) is 12.0. The lowest BCUT2D eigenvalue weighted by Crippen LogP contribution is -2.44. The van der Waals surface area contributed by atoms with E-state index in [1.807, 2.05) is 6.26 Å². The first-order chi connectivity index (χ1) is 8.61. The highest BCUT2D eigenvalue weighted by Gasteiger charge is 2.28. The van der Waals surface area contributed by atoms with Crippen LogP contribution in [0.2, 0.25) is 0 Å². The van der Waals surface area contributed by atoms with Crippen LogP contribution in [0, 0.1) is 0 Å². The Bertz CT molecular complexity index is 459. The standard InChI is InChI=1S/C11H18N2O3S2/c1-17-11-5-3-2-4-10(11)13-18(14,15)8-9-6-7-16-12-9/h6-7,10-11,13H,2-5,8H2,1H3/t10-,11-/m0/s1. The van der Waals surface area contributed by atoms with E-state index < -0.39 is 10.0 Å². The monoisotopic (exact) mass is 290 g/mol. The quantitative estimate of drug-likeness (QED) is 0.894. The van der Waals surface area contributed by atoms with Gasteiger partial charge in [0.25, 0.3) is 0 Å². The van der Waals surface area contributed by atoms with E-state index in [1.54, 1.807) is 17.8 Å². The summed E-state index contributed by atoms with van der Waals surface area (Å²) < 4.78 is 31.5. The maximum Gasteiger partial charge on any atom is 0.217 e. The molecule has 0 unspecified atom stereocenters. The topological polar surface area (TPSA) is 72.2 Å². The molecule has 7 heteroatoms. The smallest absolute Gasteiger partial charge is 0.217 e. The van der Waals surface area contributed by atoms with E-state index in [0.717, 1.165) is 19.3 Å². The van der Waals surface area contributed by atoms with Crippen LogP contribution in [-0.4, -0.2) is 31.1 Å².